The molecule has 0 aliphatic rings. The highest BCUT2D eigenvalue weighted by molar-refractivity contribution is 7.92. The van der Waals surface area contributed by atoms with E-state index in [1.165, 1.54) is 66.9 Å². The van der Waals surface area contributed by atoms with Crippen LogP contribution in [0.5, 0.6) is 0 Å². The third kappa shape index (κ3) is 6.28. The van der Waals surface area contributed by atoms with Gasteiger partial charge < -0.3 is 0 Å². The molecule has 0 aliphatic carbocycles. The molecule has 0 spiro atoms. The number of benzene rings is 3. The smallest absolute Gasteiger partial charge is 0.269 e. The second-order valence-corrected chi connectivity index (χ2v) is 9.32. The predicted molar refractivity (Wildman–Crippen MR) is 126 cm³/mol. The Kier molecular flexibility index (Phi) is 7.64. The quantitative estimate of drug-likeness (QED) is 0.278. The van der Waals surface area contributed by atoms with Gasteiger partial charge in [-0.15, -0.1) is 0 Å². The molecule has 0 heterocycles. The number of hydrazone groups is 1. The molecule has 170 valence electrons. The number of halogens is 2. The largest absolute Gasteiger partial charge is 0.271 e. The highest BCUT2D eigenvalue weighted by atomic mass is 35.5. The molecule has 33 heavy (non-hydrogen) atoms. The van der Waals surface area contributed by atoms with E-state index in [2.05, 4.69) is 10.5 Å². The molecule has 1 amide bonds. The van der Waals surface area contributed by atoms with Crippen molar-refractivity contribution in [1.29, 1.82) is 0 Å². The maximum Gasteiger partial charge on any atom is 0.269 e. The summed E-state index contributed by atoms with van der Waals surface area (Å²) in [6, 6.07) is 17.1. The van der Waals surface area contributed by atoms with Crippen molar-refractivity contribution in [2.45, 2.75) is 4.90 Å². The lowest BCUT2D eigenvalue weighted by atomic mass is 10.2. The average Bonchev–Trinajstić information content (AvgIpc) is 2.78. The van der Waals surface area contributed by atoms with E-state index in [-0.39, 0.29) is 16.3 Å². The monoisotopic (exact) mass is 506 g/mol. The number of sulfonamides is 1. The molecule has 3 aromatic carbocycles. The predicted octanol–water partition coefficient (Wildman–Crippen LogP) is 4.25. The zero-order chi connectivity index (χ0) is 24.0. The highest BCUT2D eigenvalue weighted by Crippen LogP contribution is 2.26. The highest BCUT2D eigenvalue weighted by Gasteiger charge is 2.27. The first kappa shape index (κ1) is 24.2. The summed E-state index contributed by atoms with van der Waals surface area (Å²) in [5.41, 5.74) is 2.86. The van der Waals surface area contributed by atoms with Crippen molar-refractivity contribution in [3.63, 3.8) is 0 Å². The minimum absolute atomic E-state index is 0.0611. The van der Waals surface area contributed by atoms with E-state index in [1.807, 2.05) is 0 Å². The molecule has 0 saturated heterocycles. The first-order valence-electron chi connectivity index (χ1n) is 9.27. The fraction of sp³-hybridized carbons (Fsp3) is 0.0476. The van der Waals surface area contributed by atoms with Gasteiger partial charge >= 0.3 is 0 Å². The third-order valence-electron chi connectivity index (χ3n) is 4.29. The van der Waals surface area contributed by atoms with Crippen LogP contribution in [0.25, 0.3) is 0 Å². The molecule has 0 radical (unpaired) electrons. The van der Waals surface area contributed by atoms with Crippen LogP contribution in [-0.2, 0) is 14.8 Å². The van der Waals surface area contributed by atoms with Crippen LogP contribution in [0, 0.1) is 10.1 Å². The summed E-state index contributed by atoms with van der Waals surface area (Å²) in [6.45, 7) is -0.580. The molecular weight excluding hydrogens is 491 g/mol. The van der Waals surface area contributed by atoms with Gasteiger partial charge in [-0.3, -0.25) is 19.2 Å². The molecule has 1 N–H and O–H groups in total. The van der Waals surface area contributed by atoms with Gasteiger partial charge in [0.2, 0.25) is 0 Å². The van der Waals surface area contributed by atoms with Gasteiger partial charge in [0.15, 0.2) is 0 Å². The minimum Gasteiger partial charge on any atom is -0.271 e. The summed E-state index contributed by atoms with van der Waals surface area (Å²) in [5.74, 6) is -0.717. The van der Waals surface area contributed by atoms with Crippen LogP contribution < -0.4 is 9.73 Å². The number of rotatable bonds is 8. The van der Waals surface area contributed by atoms with Crippen molar-refractivity contribution in [3.8, 4) is 0 Å². The number of nitro benzene ring substituents is 1. The number of nitrogens with zero attached hydrogens (tertiary/aromatic N) is 3. The normalized spacial score (nSPS) is 11.3. The summed E-state index contributed by atoms with van der Waals surface area (Å²) in [7, 11) is -4.13. The lowest BCUT2D eigenvalue weighted by molar-refractivity contribution is -0.384. The van der Waals surface area contributed by atoms with E-state index >= 15 is 0 Å². The lowest BCUT2D eigenvalue weighted by Crippen LogP contribution is -2.39. The van der Waals surface area contributed by atoms with Gasteiger partial charge in [0.05, 0.1) is 21.7 Å². The second kappa shape index (κ2) is 10.4. The molecular formula is C21H16Cl2N4O5S. The van der Waals surface area contributed by atoms with Gasteiger partial charge in [-0.2, -0.15) is 5.10 Å². The van der Waals surface area contributed by atoms with Crippen LogP contribution in [0.2, 0.25) is 10.0 Å². The molecule has 0 fully saturated rings. The van der Waals surface area contributed by atoms with Crippen LogP contribution in [0.1, 0.15) is 5.56 Å². The molecule has 3 rings (SSSR count). The SMILES string of the molecule is O=C(CN(c1cccc(Cl)c1)S(=O)(=O)c1ccc(Cl)cc1)N/N=C\c1ccc([N+](=O)[O-])cc1. The topological polar surface area (TPSA) is 122 Å². The molecule has 0 saturated carbocycles. The number of nitrogens with one attached hydrogen (secondary N) is 1. The lowest BCUT2D eigenvalue weighted by Gasteiger charge is -2.23. The Hall–Kier alpha value is -3.47. The van der Waals surface area contributed by atoms with Gasteiger partial charge in [-0.25, -0.2) is 13.8 Å². The van der Waals surface area contributed by atoms with E-state index in [9.17, 15) is 23.3 Å². The fourth-order valence-electron chi connectivity index (χ4n) is 2.71. The Labute approximate surface area is 199 Å². The van der Waals surface area contributed by atoms with Crippen molar-refractivity contribution in [3.05, 3.63) is 98.5 Å². The maximum atomic E-state index is 13.2. The summed E-state index contributed by atoms with van der Waals surface area (Å²) >= 11 is 11.9. The van der Waals surface area contributed by atoms with Gasteiger partial charge in [-0.05, 0) is 60.2 Å². The fourth-order valence-corrected chi connectivity index (χ4v) is 4.43. The zero-order valence-electron chi connectivity index (χ0n) is 16.8. The second-order valence-electron chi connectivity index (χ2n) is 6.59. The number of carbonyl (C=O) groups excluding carboxylic acids is 1. The molecule has 12 heteroatoms. The number of hydrogen-bond acceptors (Lipinski definition) is 6. The molecule has 3 aromatic rings. The van der Waals surface area contributed by atoms with E-state index in [1.54, 1.807) is 12.1 Å². The third-order valence-corrected chi connectivity index (χ3v) is 6.57. The Balaban J connectivity index is 1.80. The Bertz CT molecular complexity index is 1300. The van der Waals surface area contributed by atoms with Crippen LogP contribution in [0.3, 0.4) is 0 Å². The summed E-state index contributed by atoms with van der Waals surface area (Å²) in [4.78, 5) is 22.6. The first-order chi connectivity index (χ1) is 15.7. The van der Waals surface area contributed by atoms with Crippen LogP contribution >= 0.6 is 23.2 Å². The van der Waals surface area contributed by atoms with Crippen molar-refractivity contribution in [2.75, 3.05) is 10.8 Å². The van der Waals surface area contributed by atoms with Gasteiger partial charge in [0.1, 0.15) is 6.54 Å². The number of amides is 1. The van der Waals surface area contributed by atoms with E-state index < -0.39 is 27.4 Å². The Morgan fingerprint density at radius 3 is 2.30 bits per heavy atom. The van der Waals surface area contributed by atoms with Crippen LogP contribution in [0.15, 0.2) is 82.8 Å². The molecule has 0 unspecified atom stereocenters. The minimum atomic E-state index is -4.13. The van der Waals surface area contributed by atoms with E-state index in [0.29, 0.717) is 15.6 Å². The molecule has 0 atom stereocenters. The van der Waals surface area contributed by atoms with Gasteiger partial charge in [-0.1, -0.05) is 29.3 Å². The van der Waals surface area contributed by atoms with E-state index in [4.69, 9.17) is 23.2 Å². The summed E-state index contributed by atoms with van der Waals surface area (Å²) < 4.78 is 27.4. The van der Waals surface area contributed by atoms with Crippen molar-refractivity contribution >= 4 is 56.7 Å². The number of hydrogen-bond donors (Lipinski definition) is 1. The number of non-ortho nitro benzene ring substituents is 1. The van der Waals surface area contributed by atoms with Gasteiger partial charge in [0.25, 0.3) is 21.6 Å². The van der Waals surface area contributed by atoms with E-state index in [0.717, 1.165) is 4.31 Å². The number of anilines is 1. The zero-order valence-corrected chi connectivity index (χ0v) is 19.1. The number of carbonyl (C=O) groups is 1. The molecule has 9 nitrogen and oxygen atoms in total. The van der Waals surface area contributed by atoms with Crippen molar-refractivity contribution in [2.24, 2.45) is 5.10 Å². The standard InChI is InChI=1S/C21H16Cl2N4O5S/c22-16-6-10-20(11-7-16)33(31,32)26(19-3-1-2-17(23)12-19)14-21(28)25-24-13-15-4-8-18(9-5-15)27(29)30/h1-13H,14H2,(H,25,28)/b24-13-. The molecule has 0 bridgehead atoms. The van der Waals surface area contributed by atoms with Crippen LogP contribution in [0.4, 0.5) is 11.4 Å². The summed E-state index contributed by atoms with van der Waals surface area (Å²) in [6.07, 6.45) is 1.28. The summed E-state index contributed by atoms with van der Waals surface area (Å²) in [5, 5.41) is 15.1. The average molecular weight is 507 g/mol. The Morgan fingerprint density at radius 2 is 1.70 bits per heavy atom. The van der Waals surface area contributed by atoms with Crippen molar-refractivity contribution in [1.82, 2.24) is 5.43 Å². The maximum absolute atomic E-state index is 13.2. The Morgan fingerprint density at radius 1 is 1.03 bits per heavy atom. The first-order valence-corrected chi connectivity index (χ1v) is 11.5. The number of nitro groups is 1. The van der Waals surface area contributed by atoms with Gasteiger partial charge in [0, 0.05) is 22.2 Å². The molecule has 0 aliphatic heterocycles. The van der Waals surface area contributed by atoms with Crippen LogP contribution in [-0.4, -0.2) is 32.0 Å². The molecule has 0 aromatic heterocycles. The van der Waals surface area contributed by atoms with Crippen molar-refractivity contribution < 1.29 is 18.1 Å².